The van der Waals surface area contributed by atoms with Crippen molar-refractivity contribution in [3.8, 4) is 11.3 Å². The Hall–Kier alpha value is -5.13. The van der Waals surface area contributed by atoms with Crippen LogP contribution in [-0.2, 0) is 45.1 Å². The summed E-state index contributed by atoms with van der Waals surface area (Å²) >= 11 is 0. The lowest BCUT2D eigenvalue weighted by atomic mass is 10.0. The van der Waals surface area contributed by atoms with Crippen molar-refractivity contribution in [1.29, 1.82) is 0 Å². The van der Waals surface area contributed by atoms with E-state index in [4.69, 9.17) is 23.4 Å². The van der Waals surface area contributed by atoms with E-state index in [-0.39, 0.29) is 50.6 Å². The summed E-state index contributed by atoms with van der Waals surface area (Å²) in [7, 11) is -2.23. The van der Waals surface area contributed by atoms with Gasteiger partial charge >= 0.3 is 5.97 Å². The van der Waals surface area contributed by atoms with Gasteiger partial charge in [0, 0.05) is 35.7 Å². The number of halogens is 1. The molecule has 1 aliphatic rings. The zero-order valence-corrected chi connectivity index (χ0v) is 32.9. The third kappa shape index (κ3) is 11.9. The molecule has 1 heterocycles. The van der Waals surface area contributed by atoms with Crippen LogP contribution in [-0.4, -0.2) is 104 Å². The van der Waals surface area contributed by atoms with Crippen LogP contribution >= 0.6 is 0 Å². The number of ether oxygens (including phenoxy) is 5. The standard InChI is InChI=1S/C41H47FN2O12S/c1-4-55-41(48)36(46)25-35(45)29-7-5-27(6-8-29)26-54-22-21-53-20-19-52-18-17-51-16-15-44(57(3,49)50)34-24-37-33(23-32(34)28-9-10-28)38(40(47)43-2)39(56-37)30-11-13-31(42)14-12-30/h5-8,11-14,23-25,28,46H,4,9-10,15-22,26H2,1-3H3,(H,43,47). The number of rotatable bonds is 23. The minimum Gasteiger partial charge on any atom is -0.502 e. The molecule has 3 aromatic carbocycles. The van der Waals surface area contributed by atoms with E-state index in [0.717, 1.165) is 36.3 Å². The Morgan fingerprint density at radius 3 is 2.11 bits per heavy atom. The normalized spacial score (nSPS) is 13.2. The van der Waals surface area contributed by atoms with Gasteiger partial charge in [-0.25, -0.2) is 17.6 Å². The Balaban J connectivity index is 1.04. The van der Waals surface area contributed by atoms with Crippen LogP contribution in [0.15, 0.2) is 76.9 Å². The molecule has 306 valence electrons. The second-order valence-electron chi connectivity index (χ2n) is 13.1. The maximum atomic E-state index is 13.7. The number of hydrogen-bond donors (Lipinski definition) is 2. The first kappa shape index (κ1) is 43.0. The van der Waals surface area contributed by atoms with Crippen LogP contribution in [0.4, 0.5) is 10.1 Å². The summed E-state index contributed by atoms with van der Waals surface area (Å²) in [4.78, 5) is 36.8. The van der Waals surface area contributed by atoms with Gasteiger partial charge in [-0.05, 0) is 67.1 Å². The molecule has 1 aliphatic carbocycles. The highest BCUT2D eigenvalue weighted by Gasteiger charge is 2.33. The lowest BCUT2D eigenvalue weighted by molar-refractivity contribution is -0.141. The quantitative estimate of drug-likeness (QED) is 0.0308. The number of sulfonamides is 1. The van der Waals surface area contributed by atoms with Gasteiger partial charge in [-0.2, -0.15) is 0 Å². The molecule has 0 saturated heterocycles. The van der Waals surface area contributed by atoms with E-state index < -0.39 is 33.4 Å². The zero-order valence-electron chi connectivity index (χ0n) is 32.1. The SMILES string of the molecule is CCOC(=O)C(O)=CC(=O)c1ccc(COCCOCCOCCOCCN(c2cc3oc(-c4ccc(F)cc4)c(C(=O)NC)c3cc2C2CC2)S(C)(=O)=O)cc1. The number of benzene rings is 3. The molecule has 1 amide bonds. The Labute approximate surface area is 330 Å². The van der Waals surface area contributed by atoms with Crippen LogP contribution in [0.5, 0.6) is 0 Å². The molecule has 0 spiro atoms. The number of esters is 1. The van der Waals surface area contributed by atoms with Crippen molar-refractivity contribution in [3.05, 3.63) is 101 Å². The van der Waals surface area contributed by atoms with Crippen LogP contribution in [0.25, 0.3) is 22.3 Å². The first-order valence-corrected chi connectivity index (χ1v) is 20.3. The number of carbonyl (C=O) groups is 3. The van der Waals surface area contributed by atoms with Crippen molar-refractivity contribution in [2.24, 2.45) is 0 Å². The molecule has 1 saturated carbocycles. The number of furan rings is 1. The van der Waals surface area contributed by atoms with Crippen molar-refractivity contribution in [2.75, 3.05) is 77.0 Å². The molecule has 4 aromatic rings. The summed E-state index contributed by atoms with van der Waals surface area (Å²) in [6.07, 6.45) is 3.72. The highest BCUT2D eigenvalue weighted by Crippen LogP contribution is 2.48. The fourth-order valence-corrected chi connectivity index (χ4v) is 6.86. The number of allylic oxidation sites excluding steroid dienone is 1. The average molecular weight is 811 g/mol. The first-order chi connectivity index (χ1) is 27.4. The van der Waals surface area contributed by atoms with Crippen molar-refractivity contribution in [2.45, 2.75) is 32.3 Å². The molecule has 0 atom stereocenters. The van der Waals surface area contributed by atoms with Gasteiger partial charge in [0.05, 0.1) is 83.5 Å². The number of hydrogen-bond acceptors (Lipinski definition) is 12. The number of carbonyl (C=O) groups excluding carboxylic acids is 3. The van der Waals surface area contributed by atoms with Crippen LogP contribution in [0, 0.1) is 5.82 Å². The number of nitrogens with one attached hydrogen (secondary N) is 1. The number of fused-ring (bicyclic) bond motifs is 1. The zero-order chi connectivity index (χ0) is 41.0. The van der Waals surface area contributed by atoms with Crippen LogP contribution in [0.3, 0.4) is 0 Å². The van der Waals surface area contributed by atoms with E-state index in [2.05, 4.69) is 10.1 Å². The number of amides is 1. The Morgan fingerprint density at radius 2 is 1.53 bits per heavy atom. The Kier molecular flexibility index (Phi) is 15.3. The van der Waals surface area contributed by atoms with Gasteiger partial charge in [-0.15, -0.1) is 0 Å². The summed E-state index contributed by atoms with van der Waals surface area (Å²) in [5, 5.41) is 12.9. The minimum atomic E-state index is -3.74. The molecule has 0 bridgehead atoms. The topological polar surface area (TPSA) is 180 Å². The summed E-state index contributed by atoms with van der Waals surface area (Å²) in [6.45, 7) is 3.94. The predicted octanol–water partition coefficient (Wildman–Crippen LogP) is 5.70. The smallest absolute Gasteiger partial charge is 0.373 e. The second kappa shape index (κ2) is 20.3. The monoisotopic (exact) mass is 810 g/mol. The summed E-state index contributed by atoms with van der Waals surface area (Å²) in [5.74, 6) is -2.66. The highest BCUT2D eigenvalue weighted by molar-refractivity contribution is 7.92. The second-order valence-corrected chi connectivity index (χ2v) is 15.0. The molecule has 5 rings (SSSR count). The number of nitrogens with zero attached hydrogens (tertiary/aromatic N) is 1. The van der Waals surface area contributed by atoms with Crippen molar-refractivity contribution < 1.29 is 60.4 Å². The number of aliphatic hydroxyl groups excluding tert-OH is 1. The molecule has 57 heavy (non-hydrogen) atoms. The maximum absolute atomic E-state index is 13.7. The van der Waals surface area contributed by atoms with Crippen LogP contribution < -0.4 is 9.62 Å². The van der Waals surface area contributed by atoms with E-state index in [9.17, 15) is 32.3 Å². The molecule has 0 aliphatic heterocycles. The molecular formula is C41H47FN2O12S. The lowest BCUT2D eigenvalue weighted by Gasteiger charge is -2.25. The fourth-order valence-electron chi connectivity index (χ4n) is 5.94. The minimum absolute atomic E-state index is 0.0439. The lowest BCUT2D eigenvalue weighted by Crippen LogP contribution is -2.34. The van der Waals surface area contributed by atoms with Crippen molar-refractivity contribution >= 4 is 44.3 Å². The van der Waals surface area contributed by atoms with Gasteiger partial charge in [-0.3, -0.25) is 13.9 Å². The molecule has 0 radical (unpaired) electrons. The van der Waals surface area contributed by atoms with Crippen molar-refractivity contribution in [3.63, 3.8) is 0 Å². The third-order valence-corrected chi connectivity index (χ3v) is 10.1. The summed E-state index contributed by atoms with van der Waals surface area (Å²) in [5.41, 5.74) is 3.51. The van der Waals surface area contributed by atoms with E-state index in [1.165, 1.54) is 35.6 Å². The number of anilines is 1. The van der Waals surface area contributed by atoms with Gasteiger partial charge in [-0.1, -0.05) is 24.3 Å². The predicted molar refractivity (Wildman–Crippen MR) is 209 cm³/mol. The Morgan fingerprint density at radius 1 is 0.912 bits per heavy atom. The summed E-state index contributed by atoms with van der Waals surface area (Å²) < 4.78 is 74.5. The third-order valence-electron chi connectivity index (χ3n) is 8.90. The van der Waals surface area contributed by atoms with Gasteiger partial charge < -0.3 is 38.5 Å². The molecule has 2 N–H and O–H groups in total. The van der Waals surface area contributed by atoms with Gasteiger partial charge in [0.15, 0.2) is 5.78 Å². The number of aliphatic hydroxyl groups is 1. The van der Waals surface area contributed by atoms with Crippen LogP contribution in [0.2, 0.25) is 0 Å². The molecule has 0 unspecified atom stereocenters. The van der Waals surface area contributed by atoms with Crippen LogP contribution in [0.1, 0.15) is 57.5 Å². The molecular weight excluding hydrogens is 764 g/mol. The summed E-state index contributed by atoms with van der Waals surface area (Å²) in [6, 6.07) is 15.7. The largest absolute Gasteiger partial charge is 0.502 e. The maximum Gasteiger partial charge on any atom is 0.373 e. The molecule has 14 nitrogen and oxygen atoms in total. The highest BCUT2D eigenvalue weighted by atomic mass is 32.2. The van der Waals surface area contributed by atoms with Gasteiger partial charge in [0.25, 0.3) is 5.91 Å². The van der Waals surface area contributed by atoms with Gasteiger partial charge in [0.2, 0.25) is 15.8 Å². The fraction of sp³-hybridized carbons (Fsp3) is 0.390. The van der Waals surface area contributed by atoms with E-state index in [0.29, 0.717) is 66.4 Å². The van der Waals surface area contributed by atoms with Crippen molar-refractivity contribution in [1.82, 2.24) is 5.32 Å². The first-order valence-electron chi connectivity index (χ1n) is 18.5. The average Bonchev–Trinajstić information content (AvgIpc) is 3.97. The van der Waals surface area contributed by atoms with Gasteiger partial charge in [0.1, 0.15) is 17.2 Å². The molecule has 16 heteroatoms. The number of ketones is 1. The Bertz CT molecular complexity index is 2150. The van der Waals surface area contributed by atoms with E-state index >= 15 is 0 Å². The molecule has 1 aromatic heterocycles. The van der Waals surface area contributed by atoms with E-state index in [1.54, 1.807) is 37.3 Å². The molecule has 1 fully saturated rings. The van der Waals surface area contributed by atoms with E-state index in [1.807, 2.05) is 6.07 Å².